The standard InChI is InChI=1S/C15H16N2O2/c1-10-13-12(9-15(2,3)19-10)16-17(14(13)18)11-7-5-4-6-8-11/h4-8H,9H2,1-3H3. The first-order chi connectivity index (χ1) is 8.98. The lowest BCUT2D eigenvalue weighted by atomic mass is 9.93. The maximum Gasteiger partial charge on any atom is 0.284 e. The molecule has 0 saturated heterocycles. The van der Waals surface area contributed by atoms with Gasteiger partial charge in [0, 0.05) is 6.42 Å². The fraction of sp³-hybridized carbons (Fsp3) is 0.333. The number of carbonyl (C=O) groups excluding carboxylic acids is 1. The zero-order valence-corrected chi connectivity index (χ0v) is 11.3. The molecule has 1 aromatic carbocycles. The van der Waals surface area contributed by atoms with E-state index in [4.69, 9.17) is 4.74 Å². The summed E-state index contributed by atoms with van der Waals surface area (Å²) in [5, 5.41) is 5.93. The molecule has 4 heteroatoms. The van der Waals surface area contributed by atoms with Gasteiger partial charge in [-0.3, -0.25) is 4.79 Å². The number of hydrogen-bond acceptors (Lipinski definition) is 3. The summed E-state index contributed by atoms with van der Waals surface area (Å²) in [6.07, 6.45) is 0.648. The van der Waals surface area contributed by atoms with Crippen molar-refractivity contribution >= 4 is 17.3 Å². The van der Waals surface area contributed by atoms with Gasteiger partial charge in [-0.25, -0.2) is 0 Å². The van der Waals surface area contributed by atoms with Crippen LogP contribution in [0, 0.1) is 0 Å². The molecule has 0 fully saturated rings. The van der Waals surface area contributed by atoms with E-state index < -0.39 is 0 Å². The molecule has 0 bridgehead atoms. The first-order valence-electron chi connectivity index (χ1n) is 6.35. The average molecular weight is 256 g/mol. The minimum atomic E-state index is -0.306. The average Bonchev–Trinajstić information content (AvgIpc) is 2.66. The van der Waals surface area contributed by atoms with Crippen LogP contribution in [0.3, 0.4) is 0 Å². The number of para-hydroxylation sites is 1. The summed E-state index contributed by atoms with van der Waals surface area (Å²) in [6, 6.07) is 9.46. The van der Waals surface area contributed by atoms with Gasteiger partial charge in [-0.05, 0) is 32.9 Å². The van der Waals surface area contributed by atoms with E-state index in [2.05, 4.69) is 5.10 Å². The van der Waals surface area contributed by atoms with Crippen LogP contribution in [-0.4, -0.2) is 17.2 Å². The fourth-order valence-electron chi connectivity index (χ4n) is 2.57. The number of nitrogens with zero attached hydrogens (tertiary/aromatic N) is 2. The predicted molar refractivity (Wildman–Crippen MR) is 73.8 cm³/mol. The molecular weight excluding hydrogens is 240 g/mol. The summed E-state index contributed by atoms with van der Waals surface area (Å²) in [5.41, 5.74) is 1.91. The molecule has 2 heterocycles. The Hall–Kier alpha value is -2.10. The lowest BCUT2D eigenvalue weighted by Crippen LogP contribution is -2.34. The zero-order valence-electron chi connectivity index (χ0n) is 11.3. The van der Waals surface area contributed by atoms with E-state index in [1.807, 2.05) is 51.1 Å². The Kier molecular flexibility index (Phi) is 2.49. The number of fused-ring (bicyclic) bond motifs is 1. The van der Waals surface area contributed by atoms with Crippen molar-refractivity contribution in [2.24, 2.45) is 5.10 Å². The Labute approximate surface area is 112 Å². The van der Waals surface area contributed by atoms with Crippen LogP contribution in [0.1, 0.15) is 27.2 Å². The smallest absolute Gasteiger partial charge is 0.284 e. The van der Waals surface area contributed by atoms with Gasteiger partial charge in [0.2, 0.25) is 0 Å². The summed E-state index contributed by atoms with van der Waals surface area (Å²) in [4.78, 5) is 12.4. The van der Waals surface area contributed by atoms with Crippen molar-refractivity contribution in [2.45, 2.75) is 32.8 Å². The number of carbonyl (C=O) groups is 1. The van der Waals surface area contributed by atoms with Crippen LogP contribution in [0.25, 0.3) is 0 Å². The maximum absolute atomic E-state index is 12.4. The van der Waals surface area contributed by atoms with Gasteiger partial charge >= 0.3 is 0 Å². The Morgan fingerprint density at radius 3 is 2.63 bits per heavy atom. The van der Waals surface area contributed by atoms with E-state index in [1.165, 1.54) is 5.01 Å². The molecule has 19 heavy (non-hydrogen) atoms. The Morgan fingerprint density at radius 1 is 1.26 bits per heavy atom. The number of hydrogen-bond donors (Lipinski definition) is 0. The van der Waals surface area contributed by atoms with Crippen molar-refractivity contribution in [1.82, 2.24) is 0 Å². The number of hydrazone groups is 1. The van der Waals surface area contributed by atoms with Gasteiger partial charge in [-0.1, -0.05) is 18.2 Å². The van der Waals surface area contributed by atoms with Crippen LogP contribution in [0.4, 0.5) is 5.69 Å². The molecule has 2 aliphatic rings. The van der Waals surface area contributed by atoms with Crippen molar-refractivity contribution in [1.29, 1.82) is 0 Å². The molecule has 0 aromatic heterocycles. The predicted octanol–water partition coefficient (Wildman–Crippen LogP) is 2.86. The first-order valence-corrected chi connectivity index (χ1v) is 6.35. The van der Waals surface area contributed by atoms with Gasteiger partial charge in [0.05, 0.1) is 11.4 Å². The SMILES string of the molecule is CC1=C2C(=O)N(c3ccccc3)N=C2CC(C)(C)O1. The molecule has 0 spiro atoms. The van der Waals surface area contributed by atoms with Gasteiger partial charge in [0.25, 0.3) is 5.91 Å². The van der Waals surface area contributed by atoms with Crippen LogP contribution in [0.5, 0.6) is 0 Å². The maximum atomic E-state index is 12.4. The molecule has 2 aliphatic heterocycles. The van der Waals surface area contributed by atoms with Gasteiger partial charge < -0.3 is 4.74 Å². The van der Waals surface area contributed by atoms with Crippen LogP contribution >= 0.6 is 0 Å². The summed E-state index contributed by atoms with van der Waals surface area (Å²) in [6.45, 7) is 5.84. The number of amides is 1. The molecule has 1 amide bonds. The van der Waals surface area contributed by atoms with Crippen LogP contribution in [0.15, 0.2) is 46.8 Å². The number of anilines is 1. The van der Waals surface area contributed by atoms with Crippen molar-refractivity contribution in [2.75, 3.05) is 5.01 Å². The molecule has 1 aromatic rings. The minimum absolute atomic E-state index is 0.103. The van der Waals surface area contributed by atoms with Crippen molar-refractivity contribution < 1.29 is 9.53 Å². The number of rotatable bonds is 1. The molecular formula is C15H16N2O2. The normalized spacial score (nSPS) is 21.1. The van der Waals surface area contributed by atoms with Gasteiger partial charge in [0.1, 0.15) is 16.9 Å². The second-order valence-corrected chi connectivity index (χ2v) is 5.47. The molecule has 0 aliphatic carbocycles. The molecule has 3 rings (SSSR count). The molecule has 98 valence electrons. The topological polar surface area (TPSA) is 41.9 Å². The summed E-state index contributed by atoms with van der Waals surface area (Å²) in [5.74, 6) is 0.563. The molecule has 0 N–H and O–H groups in total. The Morgan fingerprint density at radius 2 is 1.95 bits per heavy atom. The van der Waals surface area contributed by atoms with Crippen LogP contribution in [-0.2, 0) is 9.53 Å². The van der Waals surface area contributed by atoms with E-state index >= 15 is 0 Å². The quantitative estimate of drug-likeness (QED) is 0.775. The monoisotopic (exact) mass is 256 g/mol. The number of allylic oxidation sites excluding steroid dienone is 1. The highest BCUT2D eigenvalue weighted by Crippen LogP contribution is 2.35. The largest absolute Gasteiger partial charge is 0.491 e. The number of ether oxygens (including phenoxy) is 1. The first kappa shape index (κ1) is 12.0. The third kappa shape index (κ3) is 1.93. The Balaban J connectivity index is 2.05. The minimum Gasteiger partial charge on any atom is -0.491 e. The molecule has 0 atom stereocenters. The highest BCUT2D eigenvalue weighted by molar-refractivity contribution is 6.31. The summed E-state index contributed by atoms with van der Waals surface area (Å²) in [7, 11) is 0. The second-order valence-electron chi connectivity index (χ2n) is 5.47. The molecule has 0 saturated carbocycles. The van der Waals surface area contributed by atoms with E-state index in [0.29, 0.717) is 17.8 Å². The van der Waals surface area contributed by atoms with Crippen molar-refractivity contribution in [3.63, 3.8) is 0 Å². The van der Waals surface area contributed by atoms with E-state index in [9.17, 15) is 4.79 Å². The highest BCUT2D eigenvalue weighted by atomic mass is 16.5. The lowest BCUT2D eigenvalue weighted by Gasteiger charge is -2.31. The van der Waals surface area contributed by atoms with Gasteiger partial charge in [-0.15, -0.1) is 0 Å². The van der Waals surface area contributed by atoms with E-state index in [0.717, 1.165) is 11.4 Å². The second kappa shape index (κ2) is 3.95. The van der Waals surface area contributed by atoms with Crippen LogP contribution in [0.2, 0.25) is 0 Å². The van der Waals surface area contributed by atoms with Crippen molar-refractivity contribution in [3.05, 3.63) is 41.7 Å². The van der Waals surface area contributed by atoms with E-state index in [1.54, 1.807) is 0 Å². The number of benzene rings is 1. The zero-order chi connectivity index (χ0) is 13.6. The lowest BCUT2D eigenvalue weighted by molar-refractivity contribution is -0.114. The van der Waals surface area contributed by atoms with Crippen LogP contribution < -0.4 is 5.01 Å². The van der Waals surface area contributed by atoms with Gasteiger partial charge in [0.15, 0.2) is 0 Å². The van der Waals surface area contributed by atoms with Gasteiger partial charge in [-0.2, -0.15) is 10.1 Å². The molecule has 0 radical (unpaired) electrons. The van der Waals surface area contributed by atoms with E-state index in [-0.39, 0.29) is 11.5 Å². The third-order valence-electron chi connectivity index (χ3n) is 3.29. The molecule has 4 nitrogen and oxygen atoms in total. The highest BCUT2D eigenvalue weighted by Gasteiger charge is 2.41. The third-order valence-corrected chi connectivity index (χ3v) is 3.29. The fourth-order valence-corrected chi connectivity index (χ4v) is 2.57. The molecule has 0 unspecified atom stereocenters. The summed E-state index contributed by atoms with van der Waals surface area (Å²) < 4.78 is 5.79. The van der Waals surface area contributed by atoms with Crippen molar-refractivity contribution in [3.8, 4) is 0 Å². The Bertz CT molecular complexity index is 600. The summed E-state index contributed by atoms with van der Waals surface area (Å²) >= 11 is 0.